The molecule has 3 rings (SSSR count). The summed E-state index contributed by atoms with van der Waals surface area (Å²) in [7, 11) is 0. The van der Waals surface area contributed by atoms with Gasteiger partial charge in [0.15, 0.2) is 0 Å². The molecular formula is C19H13BrClNO3S. The molecule has 132 valence electrons. The third-order valence-corrected chi connectivity index (χ3v) is 5.07. The molecular weight excluding hydrogens is 438 g/mol. The number of imide groups is 1. The van der Waals surface area contributed by atoms with Gasteiger partial charge in [-0.1, -0.05) is 46.3 Å². The van der Waals surface area contributed by atoms with Crippen molar-refractivity contribution in [1.82, 2.24) is 0 Å². The summed E-state index contributed by atoms with van der Waals surface area (Å²) in [6.07, 6.45) is 3.29. The number of rotatable bonds is 5. The number of hydrogen-bond donors (Lipinski definition) is 0. The average molecular weight is 451 g/mol. The summed E-state index contributed by atoms with van der Waals surface area (Å²) >= 11 is 10.3. The van der Waals surface area contributed by atoms with E-state index in [0.717, 1.165) is 21.1 Å². The predicted molar refractivity (Wildman–Crippen MR) is 110 cm³/mol. The van der Waals surface area contributed by atoms with Crippen LogP contribution in [0.15, 0.2) is 64.5 Å². The molecule has 1 aliphatic rings. The number of amides is 2. The van der Waals surface area contributed by atoms with Gasteiger partial charge in [-0.3, -0.25) is 9.59 Å². The van der Waals surface area contributed by atoms with Gasteiger partial charge < -0.3 is 4.74 Å². The number of hydrogen-bond acceptors (Lipinski definition) is 4. The number of ether oxygens (including phenoxy) is 1. The van der Waals surface area contributed by atoms with E-state index >= 15 is 0 Å². The van der Waals surface area contributed by atoms with Crippen molar-refractivity contribution in [3.63, 3.8) is 0 Å². The summed E-state index contributed by atoms with van der Waals surface area (Å²) in [5.74, 6) is 0.208. The molecule has 4 nitrogen and oxygen atoms in total. The molecule has 1 saturated heterocycles. The van der Waals surface area contributed by atoms with Crippen molar-refractivity contribution in [2.75, 3.05) is 11.5 Å². The zero-order valence-electron chi connectivity index (χ0n) is 13.4. The summed E-state index contributed by atoms with van der Waals surface area (Å²) in [6.45, 7) is 3.97. The fourth-order valence-corrected chi connectivity index (χ4v) is 3.75. The van der Waals surface area contributed by atoms with E-state index in [-0.39, 0.29) is 5.24 Å². The van der Waals surface area contributed by atoms with E-state index in [1.807, 2.05) is 12.1 Å². The van der Waals surface area contributed by atoms with Gasteiger partial charge >= 0.3 is 0 Å². The SMILES string of the molecule is C=CCOc1ccc(Br)cc1/C=C1\SC(=O)N(c2cccc(Cl)c2)C1=O. The first-order chi connectivity index (χ1) is 12.5. The van der Waals surface area contributed by atoms with Crippen LogP contribution in [0.3, 0.4) is 0 Å². The molecule has 7 heteroatoms. The van der Waals surface area contributed by atoms with Crippen LogP contribution in [-0.4, -0.2) is 17.8 Å². The molecule has 0 aliphatic carbocycles. The Morgan fingerprint density at radius 1 is 1.23 bits per heavy atom. The number of carbonyl (C=O) groups excluding carboxylic acids is 2. The van der Waals surface area contributed by atoms with E-state index in [1.54, 1.807) is 42.5 Å². The lowest BCUT2D eigenvalue weighted by Crippen LogP contribution is -2.27. The number of carbonyl (C=O) groups is 2. The third kappa shape index (κ3) is 4.03. The topological polar surface area (TPSA) is 46.6 Å². The monoisotopic (exact) mass is 449 g/mol. The van der Waals surface area contributed by atoms with E-state index < -0.39 is 5.91 Å². The van der Waals surface area contributed by atoms with Gasteiger partial charge in [-0.25, -0.2) is 4.90 Å². The van der Waals surface area contributed by atoms with Crippen LogP contribution in [0.2, 0.25) is 5.02 Å². The molecule has 2 amide bonds. The Balaban J connectivity index is 1.96. The Morgan fingerprint density at radius 2 is 2.04 bits per heavy atom. The van der Waals surface area contributed by atoms with Crippen molar-refractivity contribution in [2.24, 2.45) is 0 Å². The lowest BCUT2D eigenvalue weighted by Gasteiger charge is -2.12. The Morgan fingerprint density at radius 3 is 2.77 bits per heavy atom. The van der Waals surface area contributed by atoms with Gasteiger partial charge in [-0.05, 0) is 54.2 Å². The second-order valence-corrected chi connectivity index (χ2v) is 7.62. The van der Waals surface area contributed by atoms with Gasteiger partial charge in [0.1, 0.15) is 12.4 Å². The summed E-state index contributed by atoms with van der Waals surface area (Å²) in [6, 6.07) is 12.1. The van der Waals surface area contributed by atoms with Gasteiger partial charge in [0.25, 0.3) is 11.1 Å². The molecule has 0 aromatic heterocycles. The normalized spacial score (nSPS) is 15.6. The summed E-state index contributed by atoms with van der Waals surface area (Å²) in [4.78, 5) is 26.5. The molecule has 1 heterocycles. The van der Waals surface area contributed by atoms with Crippen LogP contribution in [0.4, 0.5) is 10.5 Å². The molecule has 0 atom stereocenters. The summed E-state index contributed by atoms with van der Waals surface area (Å²) < 4.78 is 6.46. The highest BCUT2D eigenvalue weighted by Gasteiger charge is 2.36. The minimum Gasteiger partial charge on any atom is -0.489 e. The smallest absolute Gasteiger partial charge is 0.298 e. The molecule has 0 bridgehead atoms. The Hall–Kier alpha value is -2.02. The fraction of sp³-hybridized carbons (Fsp3) is 0.0526. The maximum Gasteiger partial charge on any atom is 0.298 e. The minimum absolute atomic E-state index is 0.316. The highest BCUT2D eigenvalue weighted by molar-refractivity contribution is 9.10. The Kier molecular flexibility index (Phi) is 5.86. The molecule has 26 heavy (non-hydrogen) atoms. The van der Waals surface area contributed by atoms with Gasteiger partial charge in [0, 0.05) is 15.1 Å². The van der Waals surface area contributed by atoms with Crippen LogP contribution in [0, 0.1) is 0 Å². The van der Waals surface area contributed by atoms with E-state index in [1.165, 1.54) is 0 Å². The summed E-state index contributed by atoms with van der Waals surface area (Å²) in [5.41, 5.74) is 1.14. The van der Waals surface area contributed by atoms with Crippen molar-refractivity contribution < 1.29 is 14.3 Å². The highest BCUT2D eigenvalue weighted by atomic mass is 79.9. The molecule has 0 N–H and O–H groups in total. The maximum atomic E-state index is 12.7. The number of nitrogens with zero attached hydrogens (tertiary/aromatic N) is 1. The Bertz CT molecular complexity index is 929. The quantitative estimate of drug-likeness (QED) is 0.420. The molecule has 1 fully saturated rings. The largest absolute Gasteiger partial charge is 0.489 e. The van der Waals surface area contributed by atoms with Gasteiger partial charge in [0.05, 0.1) is 10.6 Å². The van der Waals surface area contributed by atoms with Crippen molar-refractivity contribution in [1.29, 1.82) is 0 Å². The third-order valence-electron chi connectivity index (χ3n) is 3.48. The van der Waals surface area contributed by atoms with Gasteiger partial charge in [-0.15, -0.1) is 0 Å². The second-order valence-electron chi connectivity index (χ2n) is 5.28. The average Bonchev–Trinajstić information content (AvgIpc) is 2.88. The number of benzene rings is 2. The van der Waals surface area contributed by atoms with E-state index in [4.69, 9.17) is 16.3 Å². The number of halogens is 2. The zero-order valence-corrected chi connectivity index (χ0v) is 16.6. The molecule has 0 unspecified atom stereocenters. The van der Waals surface area contributed by atoms with Crippen LogP contribution in [0.25, 0.3) is 6.08 Å². The van der Waals surface area contributed by atoms with Crippen molar-refractivity contribution >= 4 is 62.2 Å². The first kappa shape index (κ1) is 18.8. The summed E-state index contributed by atoms with van der Waals surface area (Å²) in [5, 5.41) is 0.0877. The standard InChI is InChI=1S/C19H13BrClNO3S/c1-2-8-25-16-7-6-13(20)9-12(16)10-17-18(23)22(19(24)26-17)15-5-3-4-14(21)11-15/h2-7,9-11H,1,8H2/b17-10-. The molecule has 0 spiro atoms. The predicted octanol–water partition coefficient (Wildman–Crippen LogP) is 5.91. The lowest BCUT2D eigenvalue weighted by molar-refractivity contribution is -0.113. The van der Waals surface area contributed by atoms with Crippen molar-refractivity contribution in [3.05, 3.63) is 75.1 Å². The minimum atomic E-state index is -0.392. The molecule has 0 saturated carbocycles. The van der Waals surface area contributed by atoms with E-state index in [2.05, 4.69) is 22.5 Å². The maximum absolute atomic E-state index is 12.7. The highest BCUT2D eigenvalue weighted by Crippen LogP contribution is 2.37. The van der Waals surface area contributed by atoms with Gasteiger partial charge in [0.2, 0.25) is 0 Å². The van der Waals surface area contributed by atoms with Crippen LogP contribution >= 0.6 is 39.3 Å². The lowest BCUT2D eigenvalue weighted by atomic mass is 10.2. The molecule has 1 aliphatic heterocycles. The van der Waals surface area contributed by atoms with E-state index in [0.29, 0.717) is 33.5 Å². The van der Waals surface area contributed by atoms with Crippen LogP contribution < -0.4 is 9.64 Å². The molecule has 2 aromatic rings. The van der Waals surface area contributed by atoms with Crippen LogP contribution in [-0.2, 0) is 4.79 Å². The van der Waals surface area contributed by atoms with Crippen molar-refractivity contribution in [2.45, 2.75) is 0 Å². The number of thioether (sulfide) groups is 1. The Labute approximate surface area is 168 Å². The van der Waals surface area contributed by atoms with E-state index in [9.17, 15) is 9.59 Å². The zero-order chi connectivity index (χ0) is 18.7. The van der Waals surface area contributed by atoms with Gasteiger partial charge in [-0.2, -0.15) is 0 Å². The fourth-order valence-electron chi connectivity index (χ4n) is 2.36. The van der Waals surface area contributed by atoms with Crippen LogP contribution in [0.1, 0.15) is 5.56 Å². The van der Waals surface area contributed by atoms with Crippen LogP contribution in [0.5, 0.6) is 5.75 Å². The first-order valence-electron chi connectivity index (χ1n) is 7.56. The molecule has 0 radical (unpaired) electrons. The molecule has 2 aromatic carbocycles. The number of anilines is 1. The first-order valence-corrected chi connectivity index (χ1v) is 9.55. The second kappa shape index (κ2) is 8.12. The van der Waals surface area contributed by atoms with Crippen molar-refractivity contribution in [3.8, 4) is 5.75 Å².